The van der Waals surface area contributed by atoms with Gasteiger partial charge in [0.15, 0.2) is 5.13 Å². The summed E-state index contributed by atoms with van der Waals surface area (Å²) in [6, 6.07) is 0.782. The maximum Gasteiger partial charge on any atom is 0.186 e. The monoisotopic (exact) mass is 265 g/mol. The zero-order valence-electron chi connectivity index (χ0n) is 11.4. The predicted octanol–water partition coefficient (Wildman–Crippen LogP) is 2.73. The van der Waals surface area contributed by atoms with Gasteiger partial charge in [-0.1, -0.05) is 0 Å². The SMILES string of the molecule is Cc1nc(N(CC2CCNCC2)C2CC2)sc1C. The van der Waals surface area contributed by atoms with Crippen molar-refractivity contribution in [3.63, 3.8) is 0 Å². The topological polar surface area (TPSA) is 28.2 Å². The third kappa shape index (κ3) is 2.69. The largest absolute Gasteiger partial charge is 0.345 e. The van der Waals surface area contributed by atoms with Gasteiger partial charge in [-0.2, -0.15) is 0 Å². The fourth-order valence-corrected chi connectivity index (χ4v) is 3.68. The van der Waals surface area contributed by atoms with Crippen LogP contribution in [0.2, 0.25) is 0 Å². The molecule has 0 bridgehead atoms. The van der Waals surface area contributed by atoms with Crippen LogP contribution in [0.5, 0.6) is 0 Å². The zero-order valence-corrected chi connectivity index (χ0v) is 12.2. The lowest BCUT2D eigenvalue weighted by molar-refractivity contribution is 0.372. The Balaban J connectivity index is 1.71. The van der Waals surface area contributed by atoms with E-state index >= 15 is 0 Å². The number of anilines is 1. The van der Waals surface area contributed by atoms with Gasteiger partial charge in [-0.05, 0) is 58.5 Å². The van der Waals surface area contributed by atoms with E-state index in [2.05, 4.69) is 24.1 Å². The number of aryl methyl sites for hydroxylation is 2. The van der Waals surface area contributed by atoms with Crippen molar-refractivity contribution in [3.05, 3.63) is 10.6 Å². The quantitative estimate of drug-likeness (QED) is 0.907. The van der Waals surface area contributed by atoms with Crippen molar-refractivity contribution in [2.75, 3.05) is 24.5 Å². The van der Waals surface area contributed by atoms with Crippen LogP contribution in [-0.2, 0) is 0 Å². The summed E-state index contributed by atoms with van der Waals surface area (Å²) in [6.45, 7) is 7.92. The first-order chi connectivity index (χ1) is 8.74. The van der Waals surface area contributed by atoms with Gasteiger partial charge in [-0.15, -0.1) is 11.3 Å². The molecule has 0 amide bonds. The molecule has 3 nitrogen and oxygen atoms in total. The van der Waals surface area contributed by atoms with Crippen LogP contribution in [0.1, 0.15) is 36.3 Å². The van der Waals surface area contributed by atoms with Gasteiger partial charge in [-0.3, -0.25) is 0 Å². The average Bonchev–Trinajstić information content (AvgIpc) is 3.15. The van der Waals surface area contributed by atoms with Crippen molar-refractivity contribution in [2.45, 2.75) is 45.6 Å². The van der Waals surface area contributed by atoms with Crippen LogP contribution in [0, 0.1) is 19.8 Å². The minimum atomic E-state index is 0.782. The summed E-state index contributed by atoms with van der Waals surface area (Å²) in [6.07, 6.45) is 5.38. The van der Waals surface area contributed by atoms with Crippen LogP contribution in [0.25, 0.3) is 0 Å². The molecule has 1 saturated heterocycles. The first-order valence-electron chi connectivity index (χ1n) is 7.15. The molecule has 2 aliphatic rings. The van der Waals surface area contributed by atoms with Gasteiger partial charge in [0.05, 0.1) is 5.69 Å². The van der Waals surface area contributed by atoms with Crippen molar-refractivity contribution in [2.24, 2.45) is 5.92 Å². The number of thiazole rings is 1. The van der Waals surface area contributed by atoms with E-state index in [1.54, 1.807) is 0 Å². The molecule has 3 rings (SSSR count). The van der Waals surface area contributed by atoms with Gasteiger partial charge >= 0.3 is 0 Å². The average molecular weight is 265 g/mol. The molecular weight excluding hydrogens is 242 g/mol. The molecule has 1 saturated carbocycles. The third-order valence-corrected chi connectivity index (χ3v) is 5.27. The summed E-state index contributed by atoms with van der Waals surface area (Å²) in [5.74, 6) is 0.858. The first kappa shape index (κ1) is 12.4. The molecule has 0 unspecified atom stereocenters. The smallest absolute Gasteiger partial charge is 0.186 e. The number of hydrogen-bond donors (Lipinski definition) is 1. The molecule has 1 aliphatic heterocycles. The summed E-state index contributed by atoms with van der Waals surface area (Å²) in [7, 11) is 0. The normalized spacial score (nSPS) is 21.2. The second-order valence-corrected chi connectivity index (χ2v) is 6.90. The second-order valence-electron chi connectivity index (χ2n) is 5.71. The Morgan fingerprint density at radius 2 is 1.94 bits per heavy atom. The molecule has 0 radical (unpaired) electrons. The van der Waals surface area contributed by atoms with Gasteiger partial charge in [0.1, 0.15) is 0 Å². The Morgan fingerprint density at radius 3 is 2.50 bits per heavy atom. The highest BCUT2D eigenvalue weighted by Crippen LogP contribution is 2.36. The van der Waals surface area contributed by atoms with Crippen molar-refractivity contribution < 1.29 is 0 Å². The van der Waals surface area contributed by atoms with E-state index in [1.807, 2.05) is 11.3 Å². The van der Waals surface area contributed by atoms with Gasteiger partial charge in [0.25, 0.3) is 0 Å². The summed E-state index contributed by atoms with van der Waals surface area (Å²) in [5, 5.41) is 4.72. The summed E-state index contributed by atoms with van der Waals surface area (Å²) in [4.78, 5) is 8.74. The van der Waals surface area contributed by atoms with E-state index in [0.29, 0.717) is 0 Å². The number of aromatic nitrogens is 1. The molecule has 0 spiro atoms. The minimum Gasteiger partial charge on any atom is -0.345 e. The lowest BCUT2D eigenvalue weighted by Crippen LogP contribution is -2.37. The van der Waals surface area contributed by atoms with E-state index < -0.39 is 0 Å². The molecular formula is C14H23N3S. The Labute approximate surface area is 114 Å². The second kappa shape index (κ2) is 5.17. The van der Waals surface area contributed by atoms with Crippen LogP contribution in [0.4, 0.5) is 5.13 Å². The lowest BCUT2D eigenvalue weighted by atomic mass is 9.97. The molecule has 4 heteroatoms. The number of rotatable bonds is 4. The van der Waals surface area contributed by atoms with E-state index in [-0.39, 0.29) is 0 Å². The Bertz CT molecular complexity index is 386. The standard InChI is InChI=1S/C14H23N3S/c1-10-11(2)18-14(16-10)17(13-3-4-13)9-12-5-7-15-8-6-12/h12-13,15H,3-9H2,1-2H3. The molecule has 2 fully saturated rings. The van der Waals surface area contributed by atoms with E-state index in [9.17, 15) is 0 Å². The van der Waals surface area contributed by atoms with Crippen LogP contribution in [0.15, 0.2) is 0 Å². The number of piperidine rings is 1. The Hall–Kier alpha value is -0.610. The highest BCUT2D eigenvalue weighted by atomic mass is 32.1. The van der Waals surface area contributed by atoms with Gasteiger partial charge in [0.2, 0.25) is 0 Å². The van der Waals surface area contributed by atoms with Gasteiger partial charge in [0, 0.05) is 17.5 Å². The van der Waals surface area contributed by atoms with Crippen molar-refractivity contribution in [1.29, 1.82) is 0 Å². The van der Waals surface area contributed by atoms with Crippen LogP contribution in [-0.4, -0.2) is 30.7 Å². The molecule has 1 aromatic heterocycles. The fraction of sp³-hybridized carbons (Fsp3) is 0.786. The zero-order chi connectivity index (χ0) is 12.5. The summed E-state index contributed by atoms with van der Waals surface area (Å²) < 4.78 is 0. The molecule has 0 aromatic carbocycles. The lowest BCUT2D eigenvalue weighted by Gasteiger charge is -2.30. The molecule has 2 heterocycles. The summed E-state index contributed by atoms with van der Waals surface area (Å²) in [5.41, 5.74) is 1.21. The van der Waals surface area contributed by atoms with Crippen LogP contribution < -0.4 is 10.2 Å². The van der Waals surface area contributed by atoms with Crippen molar-refractivity contribution in [1.82, 2.24) is 10.3 Å². The Morgan fingerprint density at radius 1 is 1.22 bits per heavy atom. The molecule has 1 aromatic rings. The predicted molar refractivity (Wildman–Crippen MR) is 77.5 cm³/mol. The highest BCUT2D eigenvalue weighted by molar-refractivity contribution is 7.15. The van der Waals surface area contributed by atoms with Crippen LogP contribution in [0.3, 0.4) is 0 Å². The van der Waals surface area contributed by atoms with E-state index in [0.717, 1.165) is 12.0 Å². The molecule has 1 aliphatic carbocycles. The minimum absolute atomic E-state index is 0.782. The number of nitrogens with zero attached hydrogens (tertiary/aromatic N) is 2. The van der Waals surface area contributed by atoms with Gasteiger partial charge < -0.3 is 10.2 Å². The fourth-order valence-electron chi connectivity index (χ4n) is 2.69. The van der Waals surface area contributed by atoms with E-state index in [1.165, 1.54) is 61.0 Å². The molecule has 18 heavy (non-hydrogen) atoms. The molecule has 0 atom stereocenters. The Kier molecular flexibility index (Phi) is 3.57. The summed E-state index contributed by atoms with van der Waals surface area (Å²) >= 11 is 1.88. The van der Waals surface area contributed by atoms with Crippen LogP contribution >= 0.6 is 11.3 Å². The van der Waals surface area contributed by atoms with Gasteiger partial charge in [-0.25, -0.2) is 4.98 Å². The van der Waals surface area contributed by atoms with Crippen molar-refractivity contribution in [3.8, 4) is 0 Å². The molecule has 1 N–H and O–H groups in total. The van der Waals surface area contributed by atoms with E-state index in [4.69, 9.17) is 4.98 Å². The third-order valence-electron chi connectivity index (χ3n) is 4.16. The maximum atomic E-state index is 4.77. The number of nitrogens with one attached hydrogen (secondary N) is 1. The first-order valence-corrected chi connectivity index (χ1v) is 7.97. The number of hydrogen-bond acceptors (Lipinski definition) is 4. The van der Waals surface area contributed by atoms with Crippen molar-refractivity contribution >= 4 is 16.5 Å². The maximum absolute atomic E-state index is 4.77. The highest BCUT2D eigenvalue weighted by Gasteiger charge is 2.32. The molecule has 100 valence electrons.